The Bertz CT molecular complexity index is 520. The second-order valence-electron chi connectivity index (χ2n) is 12.2. The lowest BCUT2D eigenvalue weighted by Crippen LogP contribution is -2.25. The van der Waals surface area contributed by atoms with Crippen molar-refractivity contribution in [2.24, 2.45) is 0 Å². The Morgan fingerprint density at radius 2 is 0.634 bits per heavy atom. The van der Waals surface area contributed by atoms with Crippen molar-refractivity contribution < 1.29 is 19.1 Å². The standard InChI is InChI=1S/C36H70O4S/c1-5-7-9-11-13-15-17-19-21-23-25-27-29-31-39-35(37)33(3)41-34(4)36(38)40-32-30-28-26-24-22-20-18-16-14-12-10-8-6-2/h33-34H,5-32H2,1-4H3. The minimum atomic E-state index is -0.351. The van der Waals surface area contributed by atoms with Crippen molar-refractivity contribution >= 4 is 23.7 Å². The Morgan fingerprint density at radius 3 is 0.878 bits per heavy atom. The molecule has 0 radical (unpaired) electrons. The molecule has 41 heavy (non-hydrogen) atoms. The number of thioether (sulfide) groups is 1. The number of carbonyl (C=O) groups is 2. The van der Waals surface area contributed by atoms with E-state index in [1.807, 2.05) is 13.8 Å². The lowest BCUT2D eigenvalue weighted by molar-refractivity contribution is -0.142. The second kappa shape index (κ2) is 32.2. The Balaban J connectivity index is 3.54. The maximum atomic E-state index is 12.3. The summed E-state index contributed by atoms with van der Waals surface area (Å²) in [6.45, 7) is 9.16. The molecule has 0 bridgehead atoms. The smallest absolute Gasteiger partial charge is 0.318 e. The summed E-state index contributed by atoms with van der Waals surface area (Å²) in [6.07, 6.45) is 33.9. The Morgan fingerprint density at radius 1 is 0.415 bits per heavy atom. The predicted molar refractivity (Wildman–Crippen MR) is 180 cm³/mol. The molecule has 0 heterocycles. The zero-order chi connectivity index (χ0) is 30.2. The van der Waals surface area contributed by atoms with Gasteiger partial charge in [-0.15, -0.1) is 11.8 Å². The Labute approximate surface area is 260 Å². The van der Waals surface area contributed by atoms with Crippen LogP contribution in [-0.2, 0) is 19.1 Å². The highest BCUT2D eigenvalue weighted by molar-refractivity contribution is 8.01. The maximum absolute atomic E-state index is 12.3. The maximum Gasteiger partial charge on any atom is 0.318 e. The number of ether oxygens (including phenoxy) is 2. The van der Waals surface area contributed by atoms with Gasteiger partial charge in [0.1, 0.15) is 10.5 Å². The fourth-order valence-corrected chi connectivity index (χ4v) is 6.21. The molecule has 0 rings (SSSR count). The quantitative estimate of drug-likeness (QED) is 0.0569. The van der Waals surface area contributed by atoms with Crippen LogP contribution in [0.5, 0.6) is 0 Å². The molecule has 2 atom stereocenters. The summed E-state index contributed by atoms with van der Waals surface area (Å²) in [5.74, 6) is -0.435. The van der Waals surface area contributed by atoms with Crippen LogP contribution < -0.4 is 0 Å². The number of esters is 2. The van der Waals surface area contributed by atoms with Gasteiger partial charge in [0, 0.05) is 0 Å². The molecule has 0 N–H and O–H groups in total. The van der Waals surface area contributed by atoms with E-state index >= 15 is 0 Å². The first-order valence-electron chi connectivity index (χ1n) is 18.0. The van der Waals surface area contributed by atoms with Gasteiger partial charge in [-0.05, 0) is 26.7 Å². The Kier molecular flexibility index (Phi) is 31.7. The van der Waals surface area contributed by atoms with Crippen LogP contribution in [-0.4, -0.2) is 35.7 Å². The molecule has 0 aliphatic heterocycles. The van der Waals surface area contributed by atoms with Crippen LogP contribution in [0.1, 0.15) is 195 Å². The number of hydrogen-bond donors (Lipinski definition) is 0. The fraction of sp³-hybridized carbons (Fsp3) is 0.944. The topological polar surface area (TPSA) is 52.6 Å². The first kappa shape index (κ1) is 40.3. The molecule has 0 aromatic heterocycles. The van der Waals surface area contributed by atoms with E-state index in [9.17, 15) is 9.59 Å². The van der Waals surface area contributed by atoms with Gasteiger partial charge >= 0.3 is 11.9 Å². The highest BCUT2D eigenvalue weighted by Crippen LogP contribution is 2.21. The molecule has 0 saturated carbocycles. The van der Waals surface area contributed by atoms with Crippen molar-refractivity contribution in [3.8, 4) is 0 Å². The molecule has 4 nitrogen and oxygen atoms in total. The van der Waals surface area contributed by atoms with Crippen molar-refractivity contribution in [3.05, 3.63) is 0 Å². The number of hydrogen-bond acceptors (Lipinski definition) is 5. The highest BCUT2D eigenvalue weighted by Gasteiger charge is 2.23. The number of rotatable bonds is 32. The largest absolute Gasteiger partial charge is 0.465 e. The van der Waals surface area contributed by atoms with E-state index in [-0.39, 0.29) is 22.4 Å². The molecule has 0 aliphatic carbocycles. The molecule has 2 unspecified atom stereocenters. The van der Waals surface area contributed by atoms with Crippen LogP contribution in [0.4, 0.5) is 0 Å². The van der Waals surface area contributed by atoms with Gasteiger partial charge in [0.25, 0.3) is 0 Å². The van der Waals surface area contributed by atoms with Crippen molar-refractivity contribution in [1.29, 1.82) is 0 Å². The van der Waals surface area contributed by atoms with Gasteiger partial charge in [-0.25, -0.2) is 0 Å². The molecule has 0 aromatic rings. The van der Waals surface area contributed by atoms with Crippen LogP contribution in [0.2, 0.25) is 0 Å². The molecule has 0 spiro atoms. The first-order valence-corrected chi connectivity index (χ1v) is 19.0. The summed E-state index contributed by atoms with van der Waals surface area (Å²) in [5.41, 5.74) is 0. The number of carbonyl (C=O) groups excluding carboxylic acids is 2. The van der Waals surface area contributed by atoms with E-state index in [0.717, 1.165) is 25.7 Å². The monoisotopic (exact) mass is 598 g/mol. The average molecular weight is 599 g/mol. The van der Waals surface area contributed by atoms with Crippen LogP contribution >= 0.6 is 11.8 Å². The van der Waals surface area contributed by atoms with Crippen LogP contribution in [0.3, 0.4) is 0 Å². The molecule has 244 valence electrons. The molecule has 0 aliphatic rings. The molecule has 0 saturated heterocycles. The van der Waals surface area contributed by atoms with Gasteiger partial charge in [0.05, 0.1) is 13.2 Å². The van der Waals surface area contributed by atoms with E-state index < -0.39 is 0 Å². The minimum absolute atomic E-state index is 0.218. The van der Waals surface area contributed by atoms with Gasteiger partial charge in [-0.1, -0.05) is 168 Å². The summed E-state index contributed by atoms with van der Waals surface area (Å²) in [7, 11) is 0. The molecular weight excluding hydrogens is 528 g/mol. The summed E-state index contributed by atoms with van der Waals surface area (Å²) >= 11 is 1.34. The number of unbranched alkanes of at least 4 members (excludes halogenated alkanes) is 24. The van der Waals surface area contributed by atoms with E-state index in [4.69, 9.17) is 9.47 Å². The van der Waals surface area contributed by atoms with Gasteiger partial charge < -0.3 is 9.47 Å². The summed E-state index contributed by atoms with van der Waals surface area (Å²) in [4.78, 5) is 24.6. The van der Waals surface area contributed by atoms with E-state index in [1.54, 1.807) is 0 Å². The van der Waals surface area contributed by atoms with E-state index in [2.05, 4.69) is 13.8 Å². The molecular formula is C36H70O4S. The van der Waals surface area contributed by atoms with E-state index in [0.29, 0.717) is 13.2 Å². The summed E-state index contributed by atoms with van der Waals surface area (Å²) in [5, 5.41) is -0.702. The summed E-state index contributed by atoms with van der Waals surface area (Å²) < 4.78 is 10.9. The third kappa shape index (κ3) is 29.2. The van der Waals surface area contributed by atoms with Crippen LogP contribution in [0.25, 0.3) is 0 Å². The van der Waals surface area contributed by atoms with E-state index in [1.165, 1.54) is 153 Å². The third-order valence-electron chi connectivity index (χ3n) is 8.06. The van der Waals surface area contributed by atoms with Crippen molar-refractivity contribution in [3.63, 3.8) is 0 Å². The van der Waals surface area contributed by atoms with Gasteiger partial charge in [-0.3, -0.25) is 9.59 Å². The zero-order valence-electron chi connectivity index (χ0n) is 28.0. The van der Waals surface area contributed by atoms with Gasteiger partial charge in [0.2, 0.25) is 0 Å². The van der Waals surface area contributed by atoms with Gasteiger partial charge in [0.15, 0.2) is 0 Å². The first-order chi connectivity index (χ1) is 20.0. The summed E-state index contributed by atoms with van der Waals surface area (Å²) in [6, 6.07) is 0. The lowest BCUT2D eigenvalue weighted by Gasteiger charge is -2.16. The van der Waals surface area contributed by atoms with Crippen molar-refractivity contribution in [2.75, 3.05) is 13.2 Å². The normalized spacial score (nSPS) is 12.8. The Hall–Kier alpha value is -0.710. The fourth-order valence-electron chi connectivity index (χ4n) is 5.24. The van der Waals surface area contributed by atoms with Gasteiger partial charge in [-0.2, -0.15) is 0 Å². The van der Waals surface area contributed by atoms with Crippen LogP contribution in [0, 0.1) is 0 Å². The molecule has 0 amide bonds. The van der Waals surface area contributed by atoms with Crippen molar-refractivity contribution in [1.82, 2.24) is 0 Å². The lowest BCUT2D eigenvalue weighted by atomic mass is 10.0. The third-order valence-corrected chi connectivity index (χ3v) is 9.26. The molecule has 0 aromatic carbocycles. The average Bonchev–Trinajstić information content (AvgIpc) is 2.97. The second-order valence-corrected chi connectivity index (χ2v) is 13.9. The van der Waals surface area contributed by atoms with Crippen molar-refractivity contribution in [2.45, 2.75) is 205 Å². The zero-order valence-corrected chi connectivity index (χ0v) is 28.8. The molecule has 0 fully saturated rings. The SMILES string of the molecule is CCCCCCCCCCCCCCCOC(=O)C(C)SC(C)C(=O)OCCCCCCCCCCCCCCC. The highest BCUT2D eigenvalue weighted by atomic mass is 32.2. The minimum Gasteiger partial charge on any atom is -0.465 e. The van der Waals surface area contributed by atoms with Crippen LogP contribution in [0.15, 0.2) is 0 Å². The predicted octanol–water partition coefficient (Wildman–Crippen LogP) is 11.8. The molecule has 5 heteroatoms.